The van der Waals surface area contributed by atoms with E-state index in [1.807, 2.05) is 54.6 Å². The van der Waals surface area contributed by atoms with E-state index in [2.05, 4.69) is 5.32 Å². The van der Waals surface area contributed by atoms with E-state index in [4.69, 9.17) is 4.74 Å². The minimum absolute atomic E-state index is 0.0949. The van der Waals surface area contributed by atoms with Gasteiger partial charge in [0.15, 0.2) is 0 Å². The van der Waals surface area contributed by atoms with Gasteiger partial charge in [-0.05, 0) is 31.5 Å². The van der Waals surface area contributed by atoms with Crippen LogP contribution < -0.4 is 15.6 Å². The van der Waals surface area contributed by atoms with Crippen LogP contribution in [0.5, 0.6) is 5.75 Å². The van der Waals surface area contributed by atoms with Crippen molar-refractivity contribution in [3.05, 3.63) is 76.2 Å². The van der Waals surface area contributed by atoms with Crippen molar-refractivity contribution in [3.63, 3.8) is 0 Å². The number of benzene rings is 2. The van der Waals surface area contributed by atoms with E-state index in [-0.39, 0.29) is 36.0 Å². The van der Waals surface area contributed by atoms with Crippen LogP contribution in [-0.2, 0) is 23.2 Å². The summed E-state index contributed by atoms with van der Waals surface area (Å²) in [5.74, 6) is 0.204. The smallest absolute Gasteiger partial charge is 0.295 e. The lowest BCUT2D eigenvalue weighted by atomic mass is 10.1. The Morgan fingerprint density at radius 1 is 1.09 bits per heavy atom. The molecule has 1 saturated heterocycles. The highest BCUT2D eigenvalue weighted by Crippen LogP contribution is 2.27. The Balaban J connectivity index is 1.60. The van der Waals surface area contributed by atoms with Crippen molar-refractivity contribution in [2.45, 2.75) is 32.4 Å². The molecule has 1 unspecified atom stereocenters. The number of rotatable bonds is 6. The van der Waals surface area contributed by atoms with Gasteiger partial charge in [-0.15, -0.1) is 0 Å². The third kappa shape index (κ3) is 3.79. The molecule has 1 atom stereocenters. The van der Waals surface area contributed by atoms with Crippen LogP contribution in [0.2, 0.25) is 0 Å². The lowest BCUT2D eigenvalue weighted by Gasteiger charge is -2.24. The Bertz CT molecular complexity index is 1210. The van der Waals surface area contributed by atoms with E-state index in [9.17, 15) is 14.4 Å². The minimum atomic E-state index is -0.656. The van der Waals surface area contributed by atoms with E-state index in [1.54, 1.807) is 30.7 Å². The zero-order valence-electron chi connectivity index (χ0n) is 18.4. The topological polar surface area (TPSA) is 85.6 Å². The van der Waals surface area contributed by atoms with Crippen molar-refractivity contribution in [2.75, 3.05) is 12.4 Å². The number of carbonyl (C=O) groups excluding carboxylic acids is 2. The molecule has 1 N–H and O–H groups in total. The molecule has 0 spiro atoms. The van der Waals surface area contributed by atoms with Crippen molar-refractivity contribution >= 4 is 17.5 Å². The molecule has 2 aromatic carbocycles. The number of methoxy groups -OCH3 is 1. The van der Waals surface area contributed by atoms with Gasteiger partial charge in [-0.25, -0.2) is 4.68 Å². The number of hydrogen-bond donors (Lipinski definition) is 1. The van der Waals surface area contributed by atoms with Gasteiger partial charge in [0.2, 0.25) is 11.8 Å². The van der Waals surface area contributed by atoms with Crippen molar-refractivity contribution in [3.8, 4) is 11.4 Å². The van der Waals surface area contributed by atoms with Crippen molar-refractivity contribution in [1.82, 2.24) is 14.3 Å². The van der Waals surface area contributed by atoms with Gasteiger partial charge in [-0.2, -0.15) is 0 Å². The summed E-state index contributed by atoms with van der Waals surface area (Å²) in [5, 5.41) is 2.80. The lowest BCUT2D eigenvalue weighted by molar-refractivity contribution is -0.133. The van der Waals surface area contributed by atoms with Crippen LogP contribution >= 0.6 is 0 Å². The average Bonchev–Trinajstić information content (AvgIpc) is 3.27. The third-order valence-corrected chi connectivity index (χ3v) is 5.97. The standard InChI is InChI=1S/C24H26N4O4/c1-16-22(24(31)28(26(16)2)18-10-5-4-6-11-18)25-23(30)19-13-14-21(29)27(19)15-17-9-7-8-12-20(17)32-3/h4-12,19H,13-15H2,1-3H3,(H,25,30). The molecule has 2 heterocycles. The molecule has 1 aromatic heterocycles. The number of ether oxygens (including phenoxy) is 1. The fourth-order valence-electron chi connectivity index (χ4n) is 4.14. The Morgan fingerprint density at radius 2 is 1.78 bits per heavy atom. The van der Waals surface area contributed by atoms with Crippen molar-refractivity contribution < 1.29 is 14.3 Å². The first kappa shape index (κ1) is 21.4. The molecular weight excluding hydrogens is 408 g/mol. The first-order valence-electron chi connectivity index (χ1n) is 10.5. The fourth-order valence-corrected chi connectivity index (χ4v) is 4.14. The summed E-state index contributed by atoms with van der Waals surface area (Å²) in [6.07, 6.45) is 0.688. The van der Waals surface area contributed by atoms with Crippen LogP contribution in [0.25, 0.3) is 5.69 Å². The number of hydrogen-bond acceptors (Lipinski definition) is 4. The highest BCUT2D eigenvalue weighted by Gasteiger charge is 2.37. The van der Waals surface area contributed by atoms with Gasteiger partial charge in [-0.1, -0.05) is 36.4 Å². The monoisotopic (exact) mass is 434 g/mol. The average molecular weight is 434 g/mol. The molecule has 8 nitrogen and oxygen atoms in total. The summed E-state index contributed by atoms with van der Waals surface area (Å²) in [7, 11) is 3.34. The van der Waals surface area contributed by atoms with E-state index < -0.39 is 6.04 Å². The maximum absolute atomic E-state index is 13.2. The largest absolute Gasteiger partial charge is 0.496 e. The number of likely N-dealkylation sites (tertiary alicyclic amines) is 1. The first-order chi connectivity index (χ1) is 15.4. The summed E-state index contributed by atoms with van der Waals surface area (Å²) in [5.41, 5.74) is 2.07. The Morgan fingerprint density at radius 3 is 2.50 bits per heavy atom. The van der Waals surface area contributed by atoms with E-state index in [0.717, 1.165) is 5.56 Å². The SMILES string of the molecule is COc1ccccc1CN1C(=O)CCC1C(=O)Nc1c(C)n(C)n(-c2ccccc2)c1=O. The molecular formula is C24H26N4O4. The lowest BCUT2D eigenvalue weighted by Crippen LogP contribution is -2.41. The van der Waals surface area contributed by atoms with Crippen LogP contribution in [0.1, 0.15) is 24.1 Å². The molecule has 1 aliphatic rings. The summed E-state index contributed by atoms with van der Waals surface area (Å²) in [4.78, 5) is 40.4. The first-order valence-corrected chi connectivity index (χ1v) is 10.5. The molecule has 4 rings (SSSR count). The molecule has 0 saturated carbocycles. The summed E-state index contributed by atoms with van der Waals surface area (Å²) in [6.45, 7) is 2.05. The quantitative estimate of drug-likeness (QED) is 0.646. The van der Waals surface area contributed by atoms with Gasteiger partial charge < -0.3 is 15.0 Å². The summed E-state index contributed by atoms with van der Waals surface area (Å²) >= 11 is 0. The Labute approximate surface area is 186 Å². The minimum Gasteiger partial charge on any atom is -0.496 e. The number of anilines is 1. The number of nitrogens with zero attached hydrogens (tertiary/aromatic N) is 3. The van der Waals surface area contributed by atoms with Gasteiger partial charge >= 0.3 is 0 Å². The summed E-state index contributed by atoms with van der Waals surface area (Å²) < 4.78 is 8.61. The molecule has 166 valence electrons. The second-order valence-electron chi connectivity index (χ2n) is 7.81. The molecule has 1 aliphatic heterocycles. The molecule has 3 aromatic rings. The van der Waals surface area contributed by atoms with Crippen LogP contribution in [0.3, 0.4) is 0 Å². The second kappa shape index (κ2) is 8.74. The number of para-hydroxylation sites is 2. The van der Waals surface area contributed by atoms with E-state index in [0.29, 0.717) is 23.6 Å². The van der Waals surface area contributed by atoms with Gasteiger partial charge in [0.05, 0.1) is 25.0 Å². The van der Waals surface area contributed by atoms with E-state index >= 15 is 0 Å². The zero-order valence-corrected chi connectivity index (χ0v) is 18.4. The van der Waals surface area contributed by atoms with Crippen LogP contribution in [-0.4, -0.2) is 39.2 Å². The maximum Gasteiger partial charge on any atom is 0.295 e. The Kier molecular flexibility index (Phi) is 5.85. The normalized spacial score (nSPS) is 15.8. The number of carbonyl (C=O) groups is 2. The zero-order chi connectivity index (χ0) is 22.8. The van der Waals surface area contributed by atoms with Gasteiger partial charge in [0, 0.05) is 19.0 Å². The molecule has 2 amide bonds. The second-order valence-corrected chi connectivity index (χ2v) is 7.81. The van der Waals surface area contributed by atoms with Crippen molar-refractivity contribution in [1.29, 1.82) is 0 Å². The summed E-state index contributed by atoms with van der Waals surface area (Å²) in [6, 6.07) is 16.0. The fraction of sp³-hybridized carbons (Fsp3) is 0.292. The van der Waals surface area contributed by atoms with Crippen LogP contribution in [0, 0.1) is 6.92 Å². The maximum atomic E-state index is 13.2. The van der Waals surface area contributed by atoms with Crippen LogP contribution in [0.15, 0.2) is 59.4 Å². The van der Waals surface area contributed by atoms with Crippen LogP contribution in [0.4, 0.5) is 5.69 Å². The van der Waals surface area contributed by atoms with Gasteiger partial charge in [0.25, 0.3) is 5.56 Å². The highest BCUT2D eigenvalue weighted by atomic mass is 16.5. The molecule has 32 heavy (non-hydrogen) atoms. The predicted octanol–water partition coefficient (Wildman–Crippen LogP) is 2.62. The molecule has 8 heteroatoms. The van der Waals surface area contributed by atoms with Crippen molar-refractivity contribution in [2.24, 2.45) is 7.05 Å². The van der Waals surface area contributed by atoms with Gasteiger partial charge in [-0.3, -0.25) is 19.1 Å². The molecule has 1 fully saturated rings. The number of amides is 2. The van der Waals surface area contributed by atoms with Gasteiger partial charge in [0.1, 0.15) is 17.5 Å². The Hall–Kier alpha value is -3.81. The van der Waals surface area contributed by atoms with E-state index in [1.165, 1.54) is 4.68 Å². The third-order valence-electron chi connectivity index (χ3n) is 5.97. The molecule has 0 radical (unpaired) electrons. The highest BCUT2D eigenvalue weighted by molar-refractivity contribution is 5.99. The predicted molar refractivity (Wildman–Crippen MR) is 121 cm³/mol. The number of aromatic nitrogens is 2. The molecule has 0 aliphatic carbocycles. The number of nitrogens with one attached hydrogen (secondary N) is 1. The molecule has 0 bridgehead atoms.